The van der Waals surface area contributed by atoms with Crippen LogP contribution in [0.4, 0.5) is 0 Å². The number of carbonyl (C=O) groups is 2. The number of imidazole rings is 1. The van der Waals surface area contributed by atoms with E-state index in [1.165, 1.54) is 0 Å². The summed E-state index contributed by atoms with van der Waals surface area (Å²) in [4.78, 5) is 31.1. The number of benzene rings is 1. The Kier molecular flexibility index (Phi) is 4.73. The maximum Gasteiger partial charge on any atom is 0.251 e. The average Bonchev–Trinajstić information content (AvgIpc) is 3.43. The number of rotatable bonds is 4. The number of hydrogen-bond acceptors (Lipinski definition) is 3. The molecule has 1 saturated heterocycles. The van der Waals surface area contributed by atoms with E-state index in [0.717, 1.165) is 44.3 Å². The van der Waals surface area contributed by atoms with Crippen LogP contribution in [-0.2, 0) is 4.79 Å². The van der Waals surface area contributed by atoms with Crippen LogP contribution < -0.4 is 5.32 Å². The third-order valence-electron chi connectivity index (χ3n) is 5.45. The summed E-state index contributed by atoms with van der Waals surface area (Å²) in [6, 6.07) is 7.51. The maximum absolute atomic E-state index is 12.6. The first-order valence-corrected chi connectivity index (χ1v) is 9.39. The van der Waals surface area contributed by atoms with Gasteiger partial charge in [-0.1, -0.05) is 18.9 Å². The molecule has 0 bridgehead atoms. The molecule has 0 radical (unpaired) electrons. The highest BCUT2D eigenvalue weighted by molar-refractivity contribution is 5.95. The summed E-state index contributed by atoms with van der Waals surface area (Å²) in [6.07, 6.45) is 10.5. The Morgan fingerprint density at radius 2 is 2.00 bits per heavy atom. The van der Waals surface area contributed by atoms with E-state index < -0.39 is 0 Å². The normalized spacial score (nSPS) is 20.5. The molecule has 26 heavy (non-hydrogen) atoms. The fraction of sp³-hybridized carbons (Fsp3) is 0.450. The van der Waals surface area contributed by atoms with Gasteiger partial charge in [-0.15, -0.1) is 0 Å². The summed E-state index contributed by atoms with van der Waals surface area (Å²) in [5, 5.41) is 3.09. The van der Waals surface area contributed by atoms with Gasteiger partial charge in [0.25, 0.3) is 5.91 Å². The number of aromatic nitrogens is 2. The van der Waals surface area contributed by atoms with Crippen LogP contribution in [0.25, 0.3) is 5.69 Å². The molecule has 2 amide bonds. The van der Waals surface area contributed by atoms with Crippen molar-refractivity contribution >= 4 is 11.8 Å². The van der Waals surface area contributed by atoms with Crippen LogP contribution >= 0.6 is 0 Å². The van der Waals surface area contributed by atoms with Crippen molar-refractivity contribution in [2.24, 2.45) is 5.92 Å². The summed E-state index contributed by atoms with van der Waals surface area (Å²) < 4.78 is 1.87. The second-order valence-corrected chi connectivity index (χ2v) is 7.24. The first-order valence-electron chi connectivity index (χ1n) is 9.39. The van der Waals surface area contributed by atoms with Crippen molar-refractivity contribution in [3.63, 3.8) is 0 Å². The number of nitrogens with one attached hydrogen (secondary N) is 1. The molecule has 0 unspecified atom stereocenters. The van der Waals surface area contributed by atoms with Gasteiger partial charge in [-0.25, -0.2) is 4.98 Å². The van der Waals surface area contributed by atoms with E-state index in [0.29, 0.717) is 12.1 Å². The van der Waals surface area contributed by atoms with E-state index in [1.807, 2.05) is 39.9 Å². The average molecular weight is 352 g/mol. The summed E-state index contributed by atoms with van der Waals surface area (Å²) in [7, 11) is 0. The quantitative estimate of drug-likeness (QED) is 0.919. The third kappa shape index (κ3) is 3.49. The Bertz CT molecular complexity index is 781. The fourth-order valence-electron chi connectivity index (χ4n) is 4.00. The van der Waals surface area contributed by atoms with Crippen LogP contribution in [0, 0.1) is 5.92 Å². The van der Waals surface area contributed by atoms with Crippen molar-refractivity contribution in [3.05, 3.63) is 48.5 Å². The molecule has 2 aromatic rings. The van der Waals surface area contributed by atoms with Gasteiger partial charge in [0, 0.05) is 48.7 Å². The number of amides is 2. The lowest BCUT2D eigenvalue weighted by Crippen LogP contribution is -2.39. The van der Waals surface area contributed by atoms with Crippen LogP contribution in [0.1, 0.15) is 42.5 Å². The zero-order chi connectivity index (χ0) is 17.9. The summed E-state index contributed by atoms with van der Waals surface area (Å²) >= 11 is 0. The lowest BCUT2D eigenvalue weighted by Gasteiger charge is -2.20. The van der Waals surface area contributed by atoms with Crippen LogP contribution in [0.5, 0.6) is 0 Å². The van der Waals surface area contributed by atoms with E-state index >= 15 is 0 Å². The molecule has 1 N–H and O–H groups in total. The Morgan fingerprint density at radius 3 is 2.77 bits per heavy atom. The molecule has 1 aliphatic carbocycles. The topological polar surface area (TPSA) is 67.2 Å². The largest absolute Gasteiger partial charge is 0.347 e. The van der Waals surface area contributed by atoms with Crippen molar-refractivity contribution < 1.29 is 9.59 Å². The lowest BCUT2D eigenvalue weighted by molar-refractivity contribution is -0.134. The van der Waals surface area contributed by atoms with E-state index in [-0.39, 0.29) is 23.8 Å². The molecule has 2 fully saturated rings. The molecule has 1 aromatic heterocycles. The Balaban J connectivity index is 1.37. The van der Waals surface area contributed by atoms with Gasteiger partial charge >= 0.3 is 0 Å². The Hall–Kier alpha value is -2.63. The first kappa shape index (κ1) is 16.8. The van der Waals surface area contributed by atoms with Gasteiger partial charge in [-0.2, -0.15) is 0 Å². The molecule has 1 aliphatic heterocycles. The molecule has 4 rings (SSSR count). The number of carbonyl (C=O) groups excluding carboxylic acids is 2. The number of likely N-dealkylation sites (tertiary alicyclic amines) is 1. The first-order chi connectivity index (χ1) is 12.7. The van der Waals surface area contributed by atoms with Crippen LogP contribution in [0.3, 0.4) is 0 Å². The Labute approximate surface area is 153 Å². The van der Waals surface area contributed by atoms with Crippen LogP contribution in [0.15, 0.2) is 43.0 Å². The summed E-state index contributed by atoms with van der Waals surface area (Å²) in [5.74, 6) is 0.393. The number of hydrogen-bond donors (Lipinski definition) is 1. The van der Waals surface area contributed by atoms with Gasteiger partial charge in [-0.3, -0.25) is 9.59 Å². The second kappa shape index (κ2) is 7.32. The van der Waals surface area contributed by atoms with Crippen molar-refractivity contribution in [1.29, 1.82) is 0 Å². The minimum Gasteiger partial charge on any atom is -0.347 e. The van der Waals surface area contributed by atoms with Gasteiger partial charge in [0.2, 0.25) is 5.91 Å². The SMILES string of the molecule is O=C(N[C@@H]1CCN(C(=O)C2CCCC2)C1)c1cccc(-n2ccnc2)c1. The molecule has 136 valence electrons. The van der Waals surface area contributed by atoms with Crippen LogP contribution in [-0.4, -0.2) is 45.4 Å². The molecule has 2 aliphatic rings. The molecule has 2 heterocycles. The fourth-order valence-corrected chi connectivity index (χ4v) is 4.00. The predicted octanol–water partition coefficient (Wildman–Crippen LogP) is 2.39. The highest BCUT2D eigenvalue weighted by atomic mass is 16.2. The summed E-state index contributed by atoms with van der Waals surface area (Å²) in [6.45, 7) is 1.37. The highest BCUT2D eigenvalue weighted by Crippen LogP contribution is 2.27. The zero-order valence-corrected chi connectivity index (χ0v) is 14.8. The molecule has 6 heteroatoms. The van der Waals surface area contributed by atoms with E-state index in [2.05, 4.69) is 10.3 Å². The number of nitrogens with zero attached hydrogens (tertiary/aromatic N) is 3. The van der Waals surface area contributed by atoms with E-state index in [4.69, 9.17) is 0 Å². The van der Waals surface area contributed by atoms with Crippen molar-refractivity contribution in [1.82, 2.24) is 19.8 Å². The van der Waals surface area contributed by atoms with Crippen molar-refractivity contribution in [2.45, 2.75) is 38.1 Å². The van der Waals surface area contributed by atoms with Crippen molar-refractivity contribution in [2.75, 3.05) is 13.1 Å². The van der Waals surface area contributed by atoms with Gasteiger partial charge in [0.05, 0.1) is 6.33 Å². The smallest absolute Gasteiger partial charge is 0.251 e. The minimum absolute atomic E-state index is 0.0322. The summed E-state index contributed by atoms with van der Waals surface area (Å²) in [5.41, 5.74) is 1.52. The van der Waals surface area contributed by atoms with Crippen LogP contribution in [0.2, 0.25) is 0 Å². The predicted molar refractivity (Wildman–Crippen MR) is 98.0 cm³/mol. The maximum atomic E-state index is 12.6. The molecular weight excluding hydrogens is 328 g/mol. The van der Waals surface area contributed by atoms with Gasteiger partial charge < -0.3 is 14.8 Å². The molecule has 6 nitrogen and oxygen atoms in total. The molecule has 1 aromatic carbocycles. The van der Waals surface area contributed by atoms with Gasteiger partial charge in [0.15, 0.2) is 0 Å². The lowest BCUT2D eigenvalue weighted by atomic mass is 10.1. The molecule has 1 saturated carbocycles. The van der Waals surface area contributed by atoms with E-state index in [9.17, 15) is 9.59 Å². The van der Waals surface area contributed by atoms with E-state index in [1.54, 1.807) is 12.5 Å². The third-order valence-corrected chi connectivity index (χ3v) is 5.45. The van der Waals surface area contributed by atoms with Crippen molar-refractivity contribution in [3.8, 4) is 5.69 Å². The minimum atomic E-state index is -0.0906. The van der Waals surface area contributed by atoms with Gasteiger partial charge in [-0.05, 0) is 37.5 Å². The van der Waals surface area contributed by atoms with Gasteiger partial charge in [0.1, 0.15) is 0 Å². The highest BCUT2D eigenvalue weighted by Gasteiger charge is 2.32. The zero-order valence-electron chi connectivity index (χ0n) is 14.8. The molecule has 1 atom stereocenters. The monoisotopic (exact) mass is 352 g/mol. The molecular formula is C20H24N4O2. The standard InChI is InChI=1S/C20H24N4O2/c25-19(16-6-3-7-18(12-16)24-11-9-21-14-24)22-17-8-10-23(13-17)20(26)15-4-1-2-5-15/h3,6-7,9,11-12,14-15,17H,1-2,4-5,8,10,13H2,(H,22,25)/t17-/m1/s1. The second-order valence-electron chi connectivity index (χ2n) is 7.24. The molecule has 0 spiro atoms. The Morgan fingerprint density at radius 1 is 1.15 bits per heavy atom.